The molecule has 1 aromatic heterocycles. The number of para-hydroxylation sites is 1. The smallest absolute Gasteiger partial charge is 0.120 e. The minimum absolute atomic E-state index is 0.339. The Kier molecular flexibility index (Phi) is 6.51. The van der Waals surface area contributed by atoms with Crippen LogP contribution in [0.4, 0.5) is 0 Å². The van der Waals surface area contributed by atoms with Gasteiger partial charge in [0, 0.05) is 43.7 Å². The highest BCUT2D eigenvalue weighted by Crippen LogP contribution is 2.35. The van der Waals surface area contributed by atoms with E-state index in [1.165, 1.54) is 12.8 Å². The number of methoxy groups -OCH3 is 1. The Morgan fingerprint density at radius 1 is 1.21 bits per heavy atom. The van der Waals surface area contributed by atoms with Crippen molar-refractivity contribution in [2.45, 2.75) is 50.4 Å². The zero-order chi connectivity index (χ0) is 20.3. The van der Waals surface area contributed by atoms with Crippen molar-refractivity contribution in [3.05, 3.63) is 45.9 Å². The van der Waals surface area contributed by atoms with Gasteiger partial charge in [-0.2, -0.15) is 0 Å². The number of benzene rings is 1. The van der Waals surface area contributed by atoms with Gasteiger partial charge in [0.1, 0.15) is 16.4 Å². The number of phenolic OH excluding ortho intramolecular Hbond substituents is 1. The molecule has 29 heavy (non-hydrogen) atoms. The number of aromatic hydroxyl groups is 1. The Bertz CT molecular complexity index is 804. The second kappa shape index (κ2) is 9.10. The van der Waals surface area contributed by atoms with E-state index in [4.69, 9.17) is 9.72 Å². The fourth-order valence-corrected chi connectivity index (χ4v) is 5.39. The van der Waals surface area contributed by atoms with Crippen LogP contribution in [0.5, 0.6) is 5.75 Å². The average Bonchev–Trinajstić information content (AvgIpc) is 3.37. The molecule has 1 atom stereocenters. The highest BCUT2D eigenvalue weighted by Gasteiger charge is 2.36. The van der Waals surface area contributed by atoms with E-state index in [0.717, 1.165) is 49.1 Å². The van der Waals surface area contributed by atoms with Gasteiger partial charge in [0.2, 0.25) is 0 Å². The van der Waals surface area contributed by atoms with Crippen LogP contribution in [0.3, 0.4) is 0 Å². The first kappa shape index (κ1) is 20.8. The summed E-state index contributed by atoms with van der Waals surface area (Å²) in [5.74, 6) is 0.339. The van der Waals surface area contributed by atoms with E-state index in [1.807, 2.05) is 23.6 Å². The molecule has 2 aliphatic rings. The number of aliphatic hydroxyl groups is 1. The van der Waals surface area contributed by atoms with Gasteiger partial charge >= 0.3 is 0 Å². The largest absolute Gasteiger partial charge is 0.508 e. The molecular formula is C22H31N3O3S. The van der Waals surface area contributed by atoms with E-state index in [-0.39, 0.29) is 0 Å². The Balaban J connectivity index is 1.34. The third kappa shape index (κ3) is 4.81. The molecule has 0 aliphatic carbocycles. The monoisotopic (exact) mass is 417 g/mol. The number of likely N-dealkylation sites (tertiary alicyclic amines) is 2. The number of nitrogens with zero attached hydrogens (tertiary/aromatic N) is 3. The van der Waals surface area contributed by atoms with Crippen molar-refractivity contribution in [3.63, 3.8) is 0 Å². The normalized spacial score (nSPS) is 22.9. The van der Waals surface area contributed by atoms with Crippen LogP contribution in [0, 0.1) is 0 Å². The second-order valence-electron chi connectivity index (χ2n) is 8.28. The molecule has 0 spiro atoms. The molecule has 158 valence electrons. The second-order valence-corrected chi connectivity index (χ2v) is 9.23. The maximum atomic E-state index is 11.2. The highest BCUT2D eigenvalue weighted by atomic mass is 32.1. The van der Waals surface area contributed by atoms with E-state index in [0.29, 0.717) is 31.2 Å². The van der Waals surface area contributed by atoms with Gasteiger partial charge < -0.3 is 14.9 Å². The zero-order valence-corrected chi connectivity index (χ0v) is 17.9. The number of thiazole rings is 1. The topological polar surface area (TPSA) is 69.1 Å². The molecule has 7 heteroatoms. The van der Waals surface area contributed by atoms with Gasteiger partial charge in [0.15, 0.2) is 0 Å². The van der Waals surface area contributed by atoms with Crippen LogP contribution in [0.2, 0.25) is 0 Å². The lowest BCUT2D eigenvalue weighted by molar-refractivity contribution is -0.0309. The van der Waals surface area contributed by atoms with Crippen molar-refractivity contribution >= 4 is 11.3 Å². The first-order valence-electron chi connectivity index (χ1n) is 10.5. The van der Waals surface area contributed by atoms with Gasteiger partial charge in [-0.15, -0.1) is 11.3 Å². The summed E-state index contributed by atoms with van der Waals surface area (Å²) in [6.07, 6.45) is 3.73. The van der Waals surface area contributed by atoms with Crippen LogP contribution >= 0.6 is 11.3 Å². The lowest BCUT2D eigenvalue weighted by Gasteiger charge is -2.37. The number of ether oxygens (including phenoxy) is 1. The van der Waals surface area contributed by atoms with Crippen LogP contribution in [0.15, 0.2) is 29.6 Å². The molecule has 4 rings (SSSR count). The van der Waals surface area contributed by atoms with E-state index in [9.17, 15) is 10.2 Å². The zero-order valence-electron chi connectivity index (χ0n) is 17.1. The minimum Gasteiger partial charge on any atom is -0.508 e. The van der Waals surface area contributed by atoms with Crippen LogP contribution < -0.4 is 0 Å². The van der Waals surface area contributed by atoms with E-state index in [2.05, 4.69) is 9.80 Å². The summed E-state index contributed by atoms with van der Waals surface area (Å²) in [5.41, 5.74) is 0.910. The molecule has 2 aliphatic heterocycles. The maximum absolute atomic E-state index is 11.2. The Hall–Kier alpha value is -1.51. The molecule has 0 unspecified atom stereocenters. The fraction of sp³-hybridized carbons (Fsp3) is 0.591. The van der Waals surface area contributed by atoms with Crippen molar-refractivity contribution in [3.8, 4) is 5.75 Å². The average molecular weight is 418 g/mol. The standard InChI is InChI=1S/C22H31N3O3S/c1-28-15-18-6-4-10-25(18)14-21-23-20(16-29-21)22(27)8-11-24(12-9-22)13-17-5-2-3-7-19(17)26/h2-3,5,7,16,18,26-27H,4,6,8-15H2,1H3/t18-/m1/s1. The van der Waals surface area contributed by atoms with Gasteiger partial charge in [-0.05, 0) is 38.3 Å². The van der Waals surface area contributed by atoms with E-state index >= 15 is 0 Å². The number of phenols is 1. The molecule has 6 nitrogen and oxygen atoms in total. The predicted molar refractivity (Wildman–Crippen MR) is 114 cm³/mol. The molecule has 0 radical (unpaired) electrons. The van der Waals surface area contributed by atoms with Crippen LogP contribution in [0.1, 0.15) is 41.9 Å². The van der Waals surface area contributed by atoms with E-state index in [1.54, 1.807) is 24.5 Å². The maximum Gasteiger partial charge on any atom is 0.120 e. The Labute approximate surface area is 176 Å². The van der Waals surface area contributed by atoms with Crippen molar-refractivity contribution in [1.29, 1.82) is 0 Å². The number of rotatable bonds is 7. The third-order valence-electron chi connectivity index (χ3n) is 6.29. The summed E-state index contributed by atoms with van der Waals surface area (Å²) in [5, 5.41) is 24.3. The lowest BCUT2D eigenvalue weighted by Crippen LogP contribution is -2.42. The highest BCUT2D eigenvalue weighted by molar-refractivity contribution is 7.09. The number of hydrogen-bond donors (Lipinski definition) is 2. The summed E-state index contributed by atoms with van der Waals surface area (Å²) in [6.45, 7) is 5.00. The third-order valence-corrected chi connectivity index (χ3v) is 7.13. The Morgan fingerprint density at radius 3 is 2.76 bits per heavy atom. The van der Waals surface area contributed by atoms with Crippen molar-refractivity contribution in [2.24, 2.45) is 0 Å². The first-order chi connectivity index (χ1) is 14.1. The van der Waals surface area contributed by atoms with Crippen molar-refractivity contribution < 1.29 is 14.9 Å². The summed E-state index contributed by atoms with van der Waals surface area (Å²) in [4.78, 5) is 9.55. The number of aromatic nitrogens is 1. The van der Waals surface area contributed by atoms with Gasteiger partial charge in [0.05, 0.1) is 18.8 Å². The van der Waals surface area contributed by atoms with Gasteiger partial charge in [-0.3, -0.25) is 9.80 Å². The summed E-state index contributed by atoms with van der Waals surface area (Å²) in [7, 11) is 1.76. The molecule has 0 bridgehead atoms. The van der Waals surface area contributed by atoms with Crippen molar-refractivity contribution in [1.82, 2.24) is 14.8 Å². The summed E-state index contributed by atoms with van der Waals surface area (Å²) in [6, 6.07) is 7.95. The predicted octanol–water partition coefficient (Wildman–Crippen LogP) is 2.94. The molecule has 3 heterocycles. The summed E-state index contributed by atoms with van der Waals surface area (Å²) >= 11 is 1.65. The van der Waals surface area contributed by atoms with Crippen molar-refractivity contribution in [2.75, 3.05) is 33.4 Å². The van der Waals surface area contributed by atoms with E-state index < -0.39 is 5.60 Å². The molecular weight excluding hydrogens is 386 g/mol. The number of piperidine rings is 1. The fourth-order valence-electron chi connectivity index (χ4n) is 4.48. The number of hydrogen-bond acceptors (Lipinski definition) is 7. The molecule has 2 saturated heterocycles. The summed E-state index contributed by atoms with van der Waals surface area (Å²) < 4.78 is 5.35. The Morgan fingerprint density at radius 2 is 2.00 bits per heavy atom. The molecule has 0 amide bonds. The van der Waals surface area contributed by atoms with Crippen LogP contribution in [-0.4, -0.2) is 64.4 Å². The molecule has 1 aromatic carbocycles. The van der Waals surface area contributed by atoms with Gasteiger partial charge in [-0.1, -0.05) is 18.2 Å². The lowest BCUT2D eigenvalue weighted by atomic mass is 9.88. The van der Waals surface area contributed by atoms with Gasteiger partial charge in [-0.25, -0.2) is 4.98 Å². The molecule has 2 N–H and O–H groups in total. The molecule has 2 aromatic rings. The minimum atomic E-state index is -0.846. The quantitative estimate of drug-likeness (QED) is 0.722. The first-order valence-corrected chi connectivity index (χ1v) is 11.3. The van der Waals surface area contributed by atoms with Gasteiger partial charge in [0.25, 0.3) is 0 Å². The van der Waals surface area contributed by atoms with Crippen LogP contribution in [-0.2, 0) is 23.4 Å². The van der Waals surface area contributed by atoms with Crippen LogP contribution in [0.25, 0.3) is 0 Å². The molecule has 2 fully saturated rings. The molecule has 0 saturated carbocycles. The SMILES string of the molecule is COC[C@H]1CCCN1Cc1nc(C2(O)CCN(Cc3ccccc3O)CC2)cs1.